The van der Waals surface area contributed by atoms with Gasteiger partial charge in [0, 0.05) is 16.3 Å². The molecule has 0 radical (unpaired) electrons. The van der Waals surface area contributed by atoms with Gasteiger partial charge in [-0.05, 0) is 5.56 Å². The predicted molar refractivity (Wildman–Crippen MR) is 74.5 cm³/mol. The van der Waals surface area contributed by atoms with E-state index in [-0.39, 0.29) is 0 Å². The Morgan fingerprint density at radius 1 is 1.27 bits per heavy atom. The first-order chi connectivity index (χ1) is 10.3. The molecular weight excluding hydrogens is 296 g/mol. The molecule has 1 aromatic carbocycles. The van der Waals surface area contributed by atoms with Gasteiger partial charge in [0.25, 0.3) is 0 Å². The summed E-state index contributed by atoms with van der Waals surface area (Å²) >= 11 is 0. The first-order valence-electron chi connectivity index (χ1n) is 6.38. The van der Waals surface area contributed by atoms with Crippen LogP contribution in [0.25, 0.3) is 0 Å². The van der Waals surface area contributed by atoms with Gasteiger partial charge in [0.1, 0.15) is 0 Å². The molecule has 2 atom stereocenters. The molecule has 1 rings (SSSR count). The van der Waals surface area contributed by atoms with Crippen LogP contribution in [0.15, 0.2) is 30.3 Å². The molecule has 2 unspecified atom stereocenters. The van der Waals surface area contributed by atoms with Gasteiger partial charge >= 0.3 is 5.97 Å². The maximum Gasteiger partial charge on any atom is 0.344 e. The van der Waals surface area contributed by atoms with E-state index in [1.807, 2.05) is 0 Å². The second-order valence-electron chi connectivity index (χ2n) is 4.84. The van der Waals surface area contributed by atoms with Gasteiger partial charge in [-0.2, -0.15) is 0 Å². The van der Waals surface area contributed by atoms with Crippen molar-refractivity contribution in [2.75, 3.05) is 20.2 Å². The van der Waals surface area contributed by atoms with E-state index in [2.05, 4.69) is 4.74 Å². The Balaban J connectivity index is 3.10. The summed E-state index contributed by atoms with van der Waals surface area (Å²) < 4.78 is 4.39. The highest BCUT2D eigenvalue weighted by Crippen LogP contribution is 2.28. The number of esters is 1. The molecule has 9 nitrogen and oxygen atoms in total. The average Bonchev–Trinajstić information content (AvgIpc) is 2.45. The van der Waals surface area contributed by atoms with Crippen molar-refractivity contribution in [1.82, 2.24) is 0 Å². The molecule has 22 heavy (non-hydrogen) atoms. The van der Waals surface area contributed by atoms with Crippen LogP contribution in [0, 0.1) is 20.2 Å². The van der Waals surface area contributed by atoms with Crippen LogP contribution < -0.4 is 0 Å². The van der Waals surface area contributed by atoms with Crippen molar-refractivity contribution in [3.05, 3.63) is 56.1 Å². The summed E-state index contributed by atoms with van der Waals surface area (Å²) in [4.78, 5) is 31.7. The predicted octanol–water partition coefficient (Wildman–Crippen LogP) is 0.618. The molecule has 0 bridgehead atoms. The number of benzene rings is 1. The monoisotopic (exact) mass is 312 g/mol. The number of carbonyl (C=O) groups excluding carboxylic acids is 1. The van der Waals surface area contributed by atoms with Crippen LogP contribution in [0.3, 0.4) is 0 Å². The fraction of sp³-hybridized carbons (Fsp3) is 0.462. The third kappa shape index (κ3) is 4.77. The Kier molecular flexibility index (Phi) is 5.93. The highest BCUT2D eigenvalue weighted by molar-refractivity contribution is 5.79. The lowest BCUT2D eigenvalue weighted by atomic mass is 9.85. The van der Waals surface area contributed by atoms with Crippen LogP contribution in [0.2, 0.25) is 0 Å². The lowest BCUT2D eigenvalue weighted by molar-refractivity contribution is -0.501. The highest BCUT2D eigenvalue weighted by Gasteiger charge is 2.45. The van der Waals surface area contributed by atoms with E-state index in [0.29, 0.717) is 5.56 Å². The summed E-state index contributed by atoms with van der Waals surface area (Å²) in [5, 5.41) is 31.7. The van der Waals surface area contributed by atoms with Crippen LogP contribution in [-0.2, 0) is 9.53 Å². The molecular formula is C13H16N2O7. The Morgan fingerprint density at radius 2 is 1.86 bits per heavy atom. The third-order valence-electron chi connectivity index (χ3n) is 3.18. The van der Waals surface area contributed by atoms with Gasteiger partial charge in [-0.15, -0.1) is 0 Å². The average molecular weight is 312 g/mol. The summed E-state index contributed by atoms with van der Waals surface area (Å²) in [6.45, 7) is -1.65. The normalized spacial score (nSPS) is 14.6. The van der Waals surface area contributed by atoms with Crippen molar-refractivity contribution in [2.45, 2.75) is 17.9 Å². The maximum atomic E-state index is 11.7. The summed E-state index contributed by atoms with van der Waals surface area (Å²) in [6, 6.07) is 8.19. The van der Waals surface area contributed by atoms with Crippen molar-refractivity contribution >= 4 is 5.97 Å². The molecule has 0 fully saturated rings. The Bertz CT molecular complexity index is 549. The zero-order valence-corrected chi connectivity index (χ0v) is 11.9. The topological polar surface area (TPSA) is 133 Å². The zero-order valence-electron chi connectivity index (χ0n) is 11.9. The number of rotatable bonds is 8. The molecule has 0 heterocycles. The second kappa shape index (κ2) is 7.46. The summed E-state index contributed by atoms with van der Waals surface area (Å²) in [5.74, 6) is -2.05. The van der Waals surface area contributed by atoms with Crippen LogP contribution in [0.1, 0.15) is 17.9 Å². The van der Waals surface area contributed by atoms with Crippen LogP contribution in [0.5, 0.6) is 0 Å². The van der Waals surface area contributed by atoms with E-state index in [9.17, 15) is 30.1 Å². The standard InChI is InChI=1S/C13H16N2O7/c1-22-12(16)13(17,9-15(20)21)7-11(8-14(18)19)10-5-3-2-4-6-10/h2-6,11,17H,7-9H2,1H3. The quantitative estimate of drug-likeness (QED) is 0.422. The SMILES string of the molecule is COC(=O)C(O)(CC(C[N+](=O)[O-])c1ccccc1)C[N+](=O)[O-]. The van der Waals surface area contributed by atoms with Gasteiger partial charge in [0.2, 0.25) is 18.7 Å². The van der Waals surface area contributed by atoms with Gasteiger partial charge in [0.15, 0.2) is 0 Å². The minimum atomic E-state index is -2.42. The van der Waals surface area contributed by atoms with Crippen LogP contribution in [-0.4, -0.2) is 46.7 Å². The van der Waals surface area contributed by atoms with Gasteiger partial charge in [-0.1, -0.05) is 30.3 Å². The van der Waals surface area contributed by atoms with E-state index < -0.39 is 46.8 Å². The molecule has 0 aliphatic rings. The highest BCUT2D eigenvalue weighted by atomic mass is 16.6. The number of hydrogen-bond acceptors (Lipinski definition) is 7. The van der Waals surface area contributed by atoms with Gasteiger partial charge in [-0.25, -0.2) is 4.79 Å². The number of ether oxygens (including phenoxy) is 1. The number of hydrogen-bond donors (Lipinski definition) is 1. The molecule has 0 saturated heterocycles. The molecule has 9 heteroatoms. The lowest BCUT2D eigenvalue weighted by Gasteiger charge is -2.24. The molecule has 1 aromatic rings. The summed E-state index contributed by atoms with van der Waals surface area (Å²) in [6.07, 6.45) is -0.481. The van der Waals surface area contributed by atoms with Crippen molar-refractivity contribution in [3.8, 4) is 0 Å². The molecule has 0 saturated carbocycles. The Labute approximate surface area is 125 Å². The molecule has 0 spiro atoms. The third-order valence-corrected chi connectivity index (χ3v) is 3.18. The first kappa shape index (κ1) is 17.5. The van der Waals surface area contributed by atoms with Crippen molar-refractivity contribution < 1.29 is 24.5 Å². The molecule has 1 N–H and O–H groups in total. The molecule has 0 amide bonds. The van der Waals surface area contributed by atoms with Gasteiger partial charge < -0.3 is 9.84 Å². The maximum absolute atomic E-state index is 11.7. The van der Waals surface area contributed by atoms with Gasteiger partial charge in [-0.3, -0.25) is 20.2 Å². The van der Waals surface area contributed by atoms with E-state index in [4.69, 9.17) is 0 Å². The molecule has 0 aromatic heterocycles. The summed E-state index contributed by atoms with van der Waals surface area (Å²) in [5.41, 5.74) is -1.92. The molecule has 0 aliphatic heterocycles. The van der Waals surface area contributed by atoms with Crippen molar-refractivity contribution in [1.29, 1.82) is 0 Å². The van der Waals surface area contributed by atoms with Crippen molar-refractivity contribution in [2.24, 2.45) is 0 Å². The first-order valence-corrected chi connectivity index (χ1v) is 6.38. The number of nitro groups is 2. The minimum absolute atomic E-state index is 0.481. The fourth-order valence-corrected chi connectivity index (χ4v) is 2.22. The lowest BCUT2D eigenvalue weighted by Crippen LogP contribution is -2.47. The Hall–Kier alpha value is -2.55. The number of aliphatic hydroxyl groups is 1. The smallest absolute Gasteiger partial charge is 0.344 e. The second-order valence-corrected chi connectivity index (χ2v) is 4.84. The number of methoxy groups -OCH3 is 1. The number of carbonyl (C=O) groups is 1. The van der Waals surface area contributed by atoms with Crippen LogP contribution >= 0.6 is 0 Å². The fourth-order valence-electron chi connectivity index (χ4n) is 2.22. The van der Waals surface area contributed by atoms with E-state index in [0.717, 1.165) is 7.11 Å². The van der Waals surface area contributed by atoms with Crippen LogP contribution in [0.4, 0.5) is 0 Å². The summed E-state index contributed by atoms with van der Waals surface area (Å²) in [7, 11) is 0.984. The molecule has 120 valence electrons. The van der Waals surface area contributed by atoms with Crippen molar-refractivity contribution in [3.63, 3.8) is 0 Å². The largest absolute Gasteiger partial charge is 0.467 e. The van der Waals surface area contributed by atoms with Gasteiger partial charge in [0.05, 0.1) is 13.0 Å². The Morgan fingerprint density at radius 3 is 2.32 bits per heavy atom. The molecule has 0 aliphatic carbocycles. The van der Waals surface area contributed by atoms with E-state index >= 15 is 0 Å². The zero-order chi connectivity index (χ0) is 16.8. The van der Waals surface area contributed by atoms with E-state index in [1.54, 1.807) is 30.3 Å². The minimum Gasteiger partial charge on any atom is -0.467 e. The van der Waals surface area contributed by atoms with E-state index in [1.165, 1.54) is 0 Å². The number of nitrogens with zero attached hydrogens (tertiary/aromatic N) is 2.